The molecule has 1 fully saturated rings. The van der Waals surface area contributed by atoms with Gasteiger partial charge in [0.15, 0.2) is 5.13 Å². The van der Waals surface area contributed by atoms with Gasteiger partial charge in [0.25, 0.3) is 0 Å². The van der Waals surface area contributed by atoms with E-state index in [1.807, 2.05) is 11.4 Å². The molecule has 0 spiro atoms. The molecule has 1 aliphatic rings. The van der Waals surface area contributed by atoms with Gasteiger partial charge in [0, 0.05) is 36.5 Å². The van der Waals surface area contributed by atoms with E-state index >= 15 is 0 Å². The third kappa shape index (κ3) is 4.07. The largest absolute Gasteiger partial charge is 0.359 e. The zero-order valence-electron chi connectivity index (χ0n) is 13.0. The number of nitrogens with zero attached hydrogens (tertiary/aromatic N) is 1. The molecule has 0 saturated heterocycles. The Bertz CT molecular complexity index is 752. The number of benzene rings is 1. The minimum atomic E-state index is -0.169. The average Bonchev–Trinajstić information content (AvgIpc) is 3.14. The molecule has 1 saturated carbocycles. The summed E-state index contributed by atoms with van der Waals surface area (Å²) in [6, 6.07) is 5.94. The van der Waals surface area contributed by atoms with Crippen molar-refractivity contribution in [2.75, 3.05) is 16.0 Å². The van der Waals surface area contributed by atoms with Crippen molar-refractivity contribution >= 4 is 39.7 Å². The number of anilines is 3. The van der Waals surface area contributed by atoms with Crippen molar-refractivity contribution < 1.29 is 9.59 Å². The first kappa shape index (κ1) is 15.5. The minimum absolute atomic E-state index is 0.156. The molecule has 3 N–H and O–H groups in total. The fraction of sp³-hybridized carbons (Fsp3) is 0.312. The molecular formula is C16H18N4O2S. The van der Waals surface area contributed by atoms with Gasteiger partial charge < -0.3 is 16.0 Å². The van der Waals surface area contributed by atoms with Crippen molar-refractivity contribution in [1.82, 2.24) is 4.98 Å². The summed E-state index contributed by atoms with van der Waals surface area (Å²) in [6.45, 7) is 2.90. The average molecular weight is 330 g/mol. The first-order valence-electron chi connectivity index (χ1n) is 7.43. The summed E-state index contributed by atoms with van der Waals surface area (Å²) in [5.41, 5.74) is 2.90. The summed E-state index contributed by atoms with van der Waals surface area (Å²) >= 11 is 1.55. The summed E-state index contributed by atoms with van der Waals surface area (Å²) in [4.78, 5) is 27.2. The van der Waals surface area contributed by atoms with Crippen LogP contribution in [0.5, 0.6) is 0 Å². The van der Waals surface area contributed by atoms with Crippen molar-refractivity contribution in [1.29, 1.82) is 0 Å². The summed E-state index contributed by atoms with van der Waals surface area (Å²) in [6.07, 6.45) is 2.38. The van der Waals surface area contributed by atoms with Crippen molar-refractivity contribution in [2.24, 2.45) is 0 Å². The number of aromatic nitrogens is 1. The highest BCUT2D eigenvalue weighted by Crippen LogP contribution is 2.34. The monoisotopic (exact) mass is 330 g/mol. The number of hydrogen-bond donors (Lipinski definition) is 3. The molecule has 1 heterocycles. The maximum atomic E-state index is 11.5. The van der Waals surface area contributed by atoms with Crippen LogP contribution in [0.4, 0.5) is 16.5 Å². The van der Waals surface area contributed by atoms with Gasteiger partial charge in [0.1, 0.15) is 0 Å². The topological polar surface area (TPSA) is 83.1 Å². The second-order valence-electron chi connectivity index (χ2n) is 5.58. The van der Waals surface area contributed by atoms with Crippen LogP contribution in [0.25, 0.3) is 11.3 Å². The zero-order chi connectivity index (χ0) is 16.4. The minimum Gasteiger partial charge on any atom is -0.359 e. The van der Waals surface area contributed by atoms with E-state index in [4.69, 9.17) is 0 Å². The lowest BCUT2D eigenvalue weighted by Gasteiger charge is -2.11. The van der Waals surface area contributed by atoms with Crippen molar-refractivity contribution in [3.05, 3.63) is 23.6 Å². The van der Waals surface area contributed by atoms with E-state index in [9.17, 15) is 9.59 Å². The Morgan fingerprint density at radius 3 is 2.57 bits per heavy atom. The summed E-state index contributed by atoms with van der Waals surface area (Å²) in [5.74, 6) is -0.325. The van der Waals surface area contributed by atoms with E-state index in [0.29, 0.717) is 17.4 Å². The van der Waals surface area contributed by atoms with Crippen molar-refractivity contribution in [3.8, 4) is 11.3 Å². The highest BCUT2D eigenvalue weighted by Gasteiger charge is 2.22. The predicted molar refractivity (Wildman–Crippen MR) is 92.8 cm³/mol. The zero-order valence-corrected chi connectivity index (χ0v) is 13.8. The molecule has 1 aromatic heterocycles. The molecule has 0 bridgehead atoms. The molecule has 1 aromatic carbocycles. The number of thiazole rings is 1. The van der Waals surface area contributed by atoms with E-state index < -0.39 is 0 Å². The first-order valence-corrected chi connectivity index (χ1v) is 8.31. The maximum Gasteiger partial charge on any atom is 0.221 e. The van der Waals surface area contributed by atoms with Gasteiger partial charge in [0.05, 0.1) is 11.4 Å². The van der Waals surface area contributed by atoms with Crippen LogP contribution in [0.2, 0.25) is 0 Å². The fourth-order valence-electron chi connectivity index (χ4n) is 2.21. The molecule has 23 heavy (non-hydrogen) atoms. The van der Waals surface area contributed by atoms with Crippen molar-refractivity contribution in [2.45, 2.75) is 32.7 Å². The van der Waals surface area contributed by atoms with Gasteiger partial charge in [-0.2, -0.15) is 0 Å². The molecular weight excluding hydrogens is 312 g/mol. The molecule has 0 unspecified atom stereocenters. The van der Waals surface area contributed by atoms with Crippen LogP contribution in [-0.2, 0) is 9.59 Å². The molecule has 2 amide bonds. The van der Waals surface area contributed by atoms with E-state index in [2.05, 4.69) is 20.9 Å². The first-order chi connectivity index (χ1) is 11.0. The summed E-state index contributed by atoms with van der Waals surface area (Å²) < 4.78 is 0. The summed E-state index contributed by atoms with van der Waals surface area (Å²) in [7, 11) is 0. The second kappa shape index (κ2) is 6.37. The highest BCUT2D eigenvalue weighted by molar-refractivity contribution is 7.14. The summed E-state index contributed by atoms with van der Waals surface area (Å²) in [5, 5.41) is 11.7. The third-order valence-corrected chi connectivity index (χ3v) is 4.11. The molecule has 0 radical (unpaired) electrons. The van der Waals surface area contributed by atoms with Gasteiger partial charge in [-0.05, 0) is 31.0 Å². The van der Waals surface area contributed by atoms with E-state index in [1.165, 1.54) is 26.7 Å². The quantitative estimate of drug-likeness (QED) is 0.785. The smallest absolute Gasteiger partial charge is 0.221 e. The number of amides is 2. The number of hydrogen-bond acceptors (Lipinski definition) is 5. The van der Waals surface area contributed by atoms with Crippen LogP contribution in [0.15, 0.2) is 23.6 Å². The molecule has 1 aliphatic carbocycles. The Balaban J connectivity index is 1.90. The predicted octanol–water partition coefficient (Wildman–Crippen LogP) is 3.30. The van der Waals surface area contributed by atoms with Crippen LogP contribution in [0.3, 0.4) is 0 Å². The Morgan fingerprint density at radius 1 is 1.17 bits per heavy atom. The van der Waals surface area contributed by atoms with Crippen LogP contribution in [0.1, 0.15) is 26.7 Å². The van der Waals surface area contributed by atoms with Crippen LogP contribution in [0, 0.1) is 0 Å². The van der Waals surface area contributed by atoms with Gasteiger partial charge in [-0.3, -0.25) is 9.59 Å². The number of nitrogens with one attached hydrogen (secondary N) is 3. The van der Waals surface area contributed by atoms with E-state index in [1.54, 1.807) is 23.5 Å². The SMILES string of the molecule is CC(=O)Nc1ccc(-c2csc(NC3CC3)n2)c(NC(C)=O)c1. The number of carbonyl (C=O) groups is 2. The lowest BCUT2D eigenvalue weighted by atomic mass is 10.1. The van der Waals surface area contributed by atoms with Gasteiger partial charge in [0.2, 0.25) is 11.8 Å². The lowest BCUT2D eigenvalue weighted by molar-refractivity contribution is -0.115. The third-order valence-electron chi connectivity index (χ3n) is 3.34. The molecule has 120 valence electrons. The van der Waals surface area contributed by atoms with Crippen molar-refractivity contribution in [3.63, 3.8) is 0 Å². The molecule has 3 rings (SSSR count). The molecule has 7 heteroatoms. The molecule has 0 aliphatic heterocycles. The van der Waals surface area contributed by atoms with E-state index in [0.717, 1.165) is 16.4 Å². The second-order valence-corrected chi connectivity index (χ2v) is 6.44. The van der Waals surface area contributed by atoms with Gasteiger partial charge in [-0.15, -0.1) is 11.3 Å². The molecule has 6 nitrogen and oxygen atoms in total. The van der Waals surface area contributed by atoms with Crippen LogP contribution >= 0.6 is 11.3 Å². The molecule has 0 atom stereocenters. The van der Waals surface area contributed by atoms with Gasteiger partial charge in [-0.25, -0.2) is 4.98 Å². The fourth-order valence-corrected chi connectivity index (χ4v) is 3.00. The normalized spacial score (nSPS) is 13.5. The Hall–Kier alpha value is -2.41. The Kier molecular flexibility index (Phi) is 4.29. The number of rotatable bonds is 5. The van der Waals surface area contributed by atoms with Gasteiger partial charge in [-0.1, -0.05) is 0 Å². The highest BCUT2D eigenvalue weighted by atomic mass is 32.1. The Labute approximate surface area is 138 Å². The van der Waals surface area contributed by atoms with Crippen LogP contribution in [-0.4, -0.2) is 22.8 Å². The number of carbonyl (C=O) groups excluding carboxylic acids is 2. The van der Waals surface area contributed by atoms with Crippen LogP contribution < -0.4 is 16.0 Å². The lowest BCUT2D eigenvalue weighted by Crippen LogP contribution is -2.09. The standard InChI is InChI=1S/C16H18N4O2S/c1-9(21)17-12-5-6-13(14(7-12)18-10(2)22)15-8-23-16(20-15)19-11-3-4-11/h5-8,11H,3-4H2,1-2H3,(H,17,21)(H,18,22)(H,19,20). The van der Waals surface area contributed by atoms with Gasteiger partial charge >= 0.3 is 0 Å². The molecule has 2 aromatic rings. The maximum absolute atomic E-state index is 11.5. The van der Waals surface area contributed by atoms with E-state index in [-0.39, 0.29) is 11.8 Å². The Morgan fingerprint density at radius 2 is 1.91 bits per heavy atom.